The highest BCUT2D eigenvalue weighted by Gasteiger charge is 2.35. The first-order valence-corrected chi connectivity index (χ1v) is 13.1. The molecular weight excluding hydrogens is 498 g/mol. The molecule has 9 heteroatoms. The lowest BCUT2D eigenvalue weighted by Gasteiger charge is -2.42. The molecular formula is C30H29N3O6. The third-order valence-electron chi connectivity index (χ3n) is 7.88. The second kappa shape index (κ2) is 10.1. The van der Waals surface area contributed by atoms with Crippen LogP contribution in [0.5, 0.6) is 5.75 Å². The molecule has 9 nitrogen and oxygen atoms in total. The number of esters is 1. The van der Waals surface area contributed by atoms with Crippen molar-refractivity contribution in [3.05, 3.63) is 104 Å². The van der Waals surface area contributed by atoms with Gasteiger partial charge in [-0.05, 0) is 42.2 Å². The molecule has 200 valence electrons. The number of piperidine rings is 1. The molecule has 6 rings (SSSR count). The van der Waals surface area contributed by atoms with E-state index in [1.54, 1.807) is 12.3 Å². The van der Waals surface area contributed by atoms with Crippen LogP contribution in [0.25, 0.3) is 10.9 Å². The molecule has 0 amide bonds. The average molecular weight is 528 g/mol. The highest BCUT2D eigenvalue weighted by molar-refractivity contribution is 5.80. The van der Waals surface area contributed by atoms with E-state index in [4.69, 9.17) is 9.15 Å². The number of hydrogen-bond acceptors (Lipinski definition) is 8. The van der Waals surface area contributed by atoms with Crippen molar-refractivity contribution >= 4 is 16.9 Å². The summed E-state index contributed by atoms with van der Waals surface area (Å²) in [6.07, 6.45) is 2.61. The first kappa shape index (κ1) is 25.1. The lowest BCUT2D eigenvalue weighted by atomic mass is 9.83. The second-order valence-electron chi connectivity index (χ2n) is 10.5. The molecule has 5 heterocycles. The molecule has 3 aromatic heterocycles. The number of aromatic nitrogens is 2. The molecule has 2 aliphatic heterocycles. The molecule has 4 aromatic rings. The molecule has 2 bridgehead atoms. The van der Waals surface area contributed by atoms with E-state index in [1.165, 1.54) is 13.2 Å². The Bertz CT molecular complexity index is 1680. The normalized spacial score (nSPS) is 19.4. The summed E-state index contributed by atoms with van der Waals surface area (Å²) in [5, 5.41) is 11.7. The largest absolute Gasteiger partial charge is 0.502 e. The van der Waals surface area contributed by atoms with Crippen molar-refractivity contribution in [1.29, 1.82) is 0 Å². The summed E-state index contributed by atoms with van der Waals surface area (Å²) < 4.78 is 13.0. The quantitative estimate of drug-likeness (QED) is 0.380. The fourth-order valence-corrected chi connectivity index (χ4v) is 6.14. The van der Waals surface area contributed by atoms with Crippen LogP contribution in [-0.4, -0.2) is 45.7 Å². The maximum absolute atomic E-state index is 12.9. The Hall–Kier alpha value is -4.24. The third kappa shape index (κ3) is 4.85. The fourth-order valence-electron chi connectivity index (χ4n) is 6.14. The Morgan fingerprint density at radius 1 is 1.13 bits per heavy atom. The maximum Gasteiger partial charge on any atom is 0.306 e. The summed E-state index contributed by atoms with van der Waals surface area (Å²) in [4.78, 5) is 44.3. The molecule has 0 saturated carbocycles. The van der Waals surface area contributed by atoms with E-state index in [0.29, 0.717) is 30.3 Å². The first-order chi connectivity index (χ1) is 18.9. The van der Waals surface area contributed by atoms with Gasteiger partial charge in [0.05, 0.1) is 31.5 Å². The van der Waals surface area contributed by atoms with Gasteiger partial charge in [-0.3, -0.25) is 24.3 Å². The summed E-state index contributed by atoms with van der Waals surface area (Å²) >= 11 is 0. The van der Waals surface area contributed by atoms with Crippen LogP contribution in [0, 0.1) is 5.92 Å². The molecule has 2 aliphatic rings. The van der Waals surface area contributed by atoms with Crippen molar-refractivity contribution in [2.45, 2.75) is 37.8 Å². The number of carbonyl (C=O) groups is 1. The van der Waals surface area contributed by atoms with E-state index in [9.17, 15) is 19.5 Å². The smallest absolute Gasteiger partial charge is 0.306 e. The maximum atomic E-state index is 12.9. The van der Waals surface area contributed by atoms with Crippen LogP contribution < -0.4 is 11.0 Å². The van der Waals surface area contributed by atoms with Gasteiger partial charge in [-0.1, -0.05) is 18.2 Å². The van der Waals surface area contributed by atoms with Crippen LogP contribution in [0.1, 0.15) is 47.5 Å². The number of fused-ring (bicyclic) bond motifs is 5. The van der Waals surface area contributed by atoms with Crippen LogP contribution >= 0.6 is 0 Å². The Morgan fingerprint density at radius 3 is 2.85 bits per heavy atom. The van der Waals surface area contributed by atoms with Crippen molar-refractivity contribution in [2.24, 2.45) is 5.92 Å². The van der Waals surface area contributed by atoms with Crippen LogP contribution in [0.15, 0.2) is 74.8 Å². The van der Waals surface area contributed by atoms with Gasteiger partial charge in [0, 0.05) is 55.0 Å². The lowest BCUT2D eigenvalue weighted by Crippen LogP contribution is -2.46. The number of rotatable bonds is 6. The monoisotopic (exact) mass is 527 g/mol. The Labute approximate surface area is 224 Å². The van der Waals surface area contributed by atoms with Gasteiger partial charge in [0.25, 0.3) is 5.56 Å². The SMILES string of the molecule is COC(=O)C[C@@H](c1ccc2ncccc2c1)c1oc(CN2C[C@H]3C[C@@H](C2)c2cccc(=O)n2C3)cc(=O)c1O. The first-order valence-electron chi connectivity index (χ1n) is 13.1. The standard InChI is InChI=1S/C30H29N3O6/c1-38-28(36)13-23(19-7-8-24-20(11-19)4-3-9-31-24)30-29(37)26(34)12-22(39-30)17-32-14-18-10-21(16-32)25-5-2-6-27(35)33(25)15-18/h2-9,11-12,18,21,23,37H,10,13-17H2,1H3/t18-,21+,23+/m1/s1. The van der Waals surface area contributed by atoms with Crippen molar-refractivity contribution < 1.29 is 19.1 Å². The number of benzene rings is 1. The highest BCUT2D eigenvalue weighted by atomic mass is 16.5. The number of nitrogens with zero attached hydrogens (tertiary/aromatic N) is 3. The Kier molecular flexibility index (Phi) is 6.52. The zero-order valence-corrected chi connectivity index (χ0v) is 21.6. The van der Waals surface area contributed by atoms with Gasteiger partial charge < -0.3 is 18.8 Å². The Balaban J connectivity index is 1.33. The number of likely N-dealkylation sites (tertiary alicyclic amines) is 1. The predicted molar refractivity (Wildman–Crippen MR) is 144 cm³/mol. The van der Waals surface area contributed by atoms with Crippen LogP contribution in [0.3, 0.4) is 0 Å². The highest BCUT2D eigenvalue weighted by Crippen LogP contribution is 2.37. The van der Waals surface area contributed by atoms with E-state index in [2.05, 4.69) is 9.88 Å². The zero-order valence-electron chi connectivity index (χ0n) is 21.6. The number of pyridine rings is 2. The number of carbonyl (C=O) groups excluding carboxylic acids is 1. The number of hydrogen-bond donors (Lipinski definition) is 1. The molecule has 1 saturated heterocycles. The molecule has 3 atom stereocenters. The van der Waals surface area contributed by atoms with E-state index in [-0.39, 0.29) is 23.7 Å². The molecule has 1 aromatic carbocycles. The molecule has 1 N–H and O–H groups in total. The predicted octanol–water partition coefficient (Wildman–Crippen LogP) is 3.37. The van der Waals surface area contributed by atoms with E-state index in [0.717, 1.165) is 36.1 Å². The fraction of sp³-hybridized carbons (Fsp3) is 0.333. The van der Waals surface area contributed by atoms with Gasteiger partial charge >= 0.3 is 5.97 Å². The van der Waals surface area contributed by atoms with E-state index >= 15 is 0 Å². The minimum absolute atomic E-state index is 0.0333. The second-order valence-corrected chi connectivity index (χ2v) is 10.5. The van der Waals surface area contributed by atoms with Crippen molar-refractivity contribution in [1.82, 2.24) is 14.5 Å². The number of methoxy groups -OCH3 is 1. The van der Waals surface area contributed by atoms with Gasteiger partial charge in [0.1, 0.15) is 5.76 Å². The Morgan fingerprint density at radius 2 is 2.00 bits per heavy atom. The molecule has 1 fully saturated rings. The summed E-state index contributed by atoms with van der Waals surface area (Å²) in [6, 6.07) is 16.0. The van der Waals surface area contributed by atoms with Crippen molar-refractivity contribution in [3.63, 3.8) is 0 Å². The molecule has 0 radical (unpaired) electrons. The summed E-state index contributed by atoms with van der Waals surface area (Å²) in [5.41, 5.74) is 2.01. The van der Waals surface area contributed by atoms with Gasteiger partial charge in [0.2, 0.25) is 11.2 Å². The molecule has 39 heavy (non-hydrogen) atoms. The third-order valence-corrected chi connectivity index (χ3v) is 7.88. The van der Waals surface area contributed by atoms with E-state index < -0.39 is 23.1 Å². The molecule has 0 spiro atoms. The van der Waals surface area contributed by atoms with Crippen LogP contribution in [0.2, 0.25) is 0 Å². The summed E-state index contributed by atoms with van der Waals surface area (Å²) in [5.74, 6) is -0.741. The minimum atomic E-state index is -0.728. The number of aromatic hydroxyl groups is 1. The topological polar surface area (TPSA) is 115 Å². The summed E-state index contributed by atoms with van der Waals surface area (Å²) in [6.45, 7) is 2.54. The van der Waals surface area contributed by atoms with Crippen molar-refractivity contribution in [2.75, 3.05) is 20.2 Å². The van der Waals surface area contributed by atoms with Gasteiger partial charge in [-0.25, -0.2) is 0 Å². The summed E-state index contributed by atoms with van der Waals surface area (Å²) in [7, 11) is 1.30. The van der Waals surface area contributed by atoms with Crippen molar-refractivity contribution in [3.8, 4) is 5.75 Å². The molecule has 0 unspecified atom stereocenters. The van der Waals surface area contributed by atoms with Gasteiger partial charge in [-0.15, -0.1) is 0 Å². The van der Waals surface area contributed by atoms with Gasteiger partial charge in [-0.2, -0.15) is 0 Å². The average Bonchev–Trinajstić information content (AvgIpc) is 2.94. The molecule has 0 aliphatic carbocycles. The van der Waals surface area contributed by atoms with E-state index in [1.807, 2.05) is 47.0 Å². The zero-order chi connectivity index (χ0) is 27.1. The lowest BCUT2D eigenvalue weighted by molar-refractivity contribution is -0.140. The minimum Gasteiger partial charge on any atom is -0.502 e. The van der Waals surface area contributed by atoms with Crippen LogP contribution in [-0.2, 0) is 22.6 Å². The number of ether oxygens (including phenoxy) is 1. The van der Waals surface area contributed by atoms with Gasteiger partial charge in [0.15, 0.2) is 5.76 Å². The van der Waals surface area contributed by atoms with Crippen LogP contribution in [0.4, 0.5) is 0 Å².